The first kappa shape index (κ1) is 32.1. The number of aryl methyl sites for hydroxylation is 1. The molecule has 1 unspecified atom stereocenters. The van der Waals surface area contributed by atoms with Gasteiger partial charge in [0.05, 0.1) is 0 Å². The van der Waals surface area contributed by atoms with Crippen molar-refractivity contribution in [2.45, 2.75) is 19.4 Å². The molecule has 1 atom stereocenters. The third-order valence-corrected chi connectivity index (χ3v) is 7.23. The molecule has 5 nitrogen and oxygen atoms in total. The molecule has 0 saturated heterocycles. The van der Waals surface area contributed by atoms with Crippen molar-refractivity contribution in [1.29, 1.82) is 0 Å². The van der Waals surface area contributed by atoms with Gasteiger partial charge in [-0.05, 0) is 102 Å². The molecule has 41 heavy (non-hydrogen) atoms. The van der Waals surface area contributed by atoms with Gasteiger partial charge in [0.25, 0.3) is 5.91 Å². The molecule has 8 heteroatoms. The number of carbonyl (C=O) groups is 2. The van der Waals surface area contributed by atoms with Gasteiger partial charge in [-0.2, -0.15) is 11.8 Å². The van der Waals surface area contributed by atoms with Crippen LogP contribution >= 0.6 is 23.4 Å². The molecule has 4 rings (SSSR count). The molecule has 0 aliphatic rings. The summed E-state index contributed by atoms with van der Waals surface area (Å²) in [5, 5.41) is 13.0. The fourth-order valence-electron chi connectivity index (χ4n) is 4.17. The molecule has 0 fully saturated rings. The van der Waals surface area contributed by atoms with Gasteiger partial charge in [-0.15, -0.1) is 0 Å². The standard InChI is InChI=1S/C33H30ClNO4S.Li.H/c1-22-5-3-4-6-28(22)30-21-24(11-18-29(30)32(36)35-31(33(37)38)19-20-40-2)8-7-23-9-14-26(15-10-23)39-27-16-12-25(34)13-17-27;;/h3-18,21,31H,19-20H2,1-2H3,(H,35,36)(H,37,38);;/q;+1;-1. The molecular weight excluding hydrogens is 549 g/mol. The minimum Gasteiger partial charge on any atom is -1.00 e. The molecule has 1 amide bonds. The Morgan fingerprint density at radius 2 is 1.54 bits per heavy atom. The molecule has 206 valence electrons. The van der Waals surface area contributed by atoms with E-state index >= 15 is 0 Å². The van der Waals surface area contributed by atoms with Crippen LogP contribution in [0.1, 0.15) is 34.9 Å². The second kappa shape index (κ2) is 15.6. The average molecular weight is 580 g/mol. The number of carboxylic acid groups (broad SMARTS) is 1. The van der Waals surface area contributed by atoms with Crippen molar-refractivity contribution in [2.24, 2.45) is 0 Å². The Hall–Kier alpha value is -3.40. The monoisotopic (exact) mass is 579 g/mol. The number of aliphatic carboxylic acids is 1. The molecular formula is C33H31ClLiNO4S. The van der Waals surface area contributed by atoms with E-state index in [-0.39, 0.29) is 20.3 Å². The molecule has 0 bridgehead atoms. The van der Waals surface area contributed by atoms with Gasteiger partial charge in [0.2, 0.25) is 0 Å². The normalized spacial score (nSPS) is 11.5. The molecule has 0 aliphatic carbocycles. The van der Waals surface area contributed by atoms with Gasteiger partial charge in [-0.25, -0.2) is 4.79 Å². The number of ether oxygens (including phenoxy) is 1. The van der Waals surface area contributed by atoms with Crippen LogP contribution in [-0.2, 0) is 4.79 Å². The number of amides is 1. The van der Waals surface area contributed by atoms with Crippen molar-refractivity contribution in [3.63, 3.8) is 0 Å². The molecule has 0 aromatic heterocycles. The van der Waals surface area contributed by atoms with Gasteiger partial charge in [-0.3, -0.25) is 4.79 Å². The Labute approximate surface area is 263 Å². The van der Waals surface area contributed by atoms with Crippen LogP contribution < -0.4 is 28.9 Å². The maximum atomic E-state index is 13.3. The fourth-order valence-corrected chi connectivity index (χ4v) is 4.77. The number of benzene rings is 4. The quantitative estimate of drug-likeness (QED) is 0.186. The number of nitrogens with one attached hydrogen (secondary N) is 1. The maximum Gasteiger partial charge on any atom is 1.00 e. The zero-order chi connectivity index (χ0) is 28.5. The Kier molecular flexibility index (Phi) is 12.2. The second-order valence-corrected chi connectivity index (χ2v) is 10.6. The van der Waals surface area contributed by atoms with Crippen molar-refractivity contribution in [3.05, 3.63) is 118 Å². The SMILES string of the molecule is CSCCC(NC(=O)c1ccc(C=Cc2ccc(Oc3ccc(Cl)cc3)cc2)cc1-c1ccccc1C)C(=O)O.[H-].[Li+]. The zero-order valence-corrected chi connectivity index (χ0v) is 24.8. The van der Waals surface area contributed by atoms with Crippen LogP contribution in [0.15, 0.2) is 91.0 Å². The van der Waals surface area contributed by atoms with Crippen molar-refractivity contribution < 1.29 is 39.7 Å². The van der Waals surface area contributed by atoms with E-state index in [1.54, 1.807) is 30.0 Å². The Morgan fingerprint density at radius 3 is 2.17 bits per heavy atom. The van der Waals surface area contributed by atoms with E-state index in [4.69, 9.17) is 16.3 Å². The number of thioether (sulfide) groups is 1. The third kappa shape index (κ3) is 9.04. The van der Waals surface area contributed by atoms with E-state index in [1.165, 1.54) is 0 Å². The largest absolute Gasteiger partial charge is 1.00 e. The van der Waals surface area contributed by atoms with E-state index in [0.717, 1.165) is 27.8 Å². The van der Waals surface area contributed by atoms with Crippen molar-refractivity contribution >= 4 is 47.4 Å². The maximum absolute atomic E-state index is 13.3. The smallest absolute Gasteiger partial charge is 1.00 e. The average Bonchev–Trinajstić information content (AvgIpc) is 2.96. The van der Waals surface area contributed by atoms with E-state index in [1.807, 2.05) is 98.1 Å². The number of hydrogen-bond donors (Lipinski definition) is 2. The summed E-state index contributed by atoms with van der Waals surface area (Å²) in [5.41, 5.74) is 5.02. The summed E-state index contributed by atoms with van der Waals surface area (Å²) in [7, 11) is 0. The zero-order valence-electron chi connectivity index (χ0n) is 24.3. The molecule has 0 aliphatic heterocycles. The topological polar surface area (TPSA) is 75.6 Å². The molecule has 2 N–H and O–H groups in total. The van der Waals surface area contributed by atoms with Crippen LogP contribution in [-0.4, -0.2) is 35.0 Å². The Morgan fingerprint density at radius 1 is 0.927 bits per heavy atom. The summed E-state index contributed by atoms with van der Waals surface area (Å²) in [4.78, 5) is 25.0. The minimum absolute atomic E-state index is 0. The van der Waals surface area contributed by atoms with Crippen LogP contribution in [0.3, 0.4) is 0 Å². The van der Waals surface area contributed by atoms with Gasteiger partial charge in [0, 0.05) is 10.6 Å². The van der Waals surface area contributed by atoms with Crippen LogP contribution in [0.4, 0.5) is 0 Å². The first-order valence-corrected chi connectivity index (χ1v) is 14.6. The summed E-state index contributed by atoms with van der Waals surface area (Å²) in [6.45, 7) is 1.99. The van der Waals surface area contributed by atoms with Crippen molar-refractivity contribution in [2.75, 3.05) is 12.0 Å². The summed E-state index contributed by atoms with van der Waals surface area (Å²) in [6, 6.07) is 27.4. The molecule has 0 heterocycles. The van der Waals surface area contributed by atoms with Crippen molar-refractivity contribution in [1.82, 2.24) is 5.32 Å². The predicted molar refractivity (Wildman–Crippen MR) is 167 cm³/mol. The Balaban J connectivity index is 0.00000308. The molecule has 4 aromatic rings. The predicted octanol–water partition coefficient (Wildman–Crippen LogP) is 5.33. The third-order valence-electron chi connectivity index (χ3n) is 6.34. The van der Waals surface area contributed by atoms with Gasteiger partial charge in [0.15, 0.2) is 0 Å². The summed E-state index contributed by atoms with van der Waals surface area (Å²) in [6.07, 6.45) is 6.24. The van der Waals surface area contributed by atoms with E-state index in [0.29, 0.717) is 34.3 Å². The van der Waals surface area contributed by atoms with Crippen LogP contribution in [0.25, 0.3) is 23.3 Å². The molecule has 0 radical (unpaired) electrons. The van der Waals surface area contributed by atoms with E-state index < -0.39 is 17.9 Å². The number of hydrogen-bond acceptors (Lipinski definition) is 4. The fraction of sp³-hybridized carbons (Fsp3) is 0.152. The first-order chi connectivity index (χ1) is 19.3. The first-order valence-electron chi connectivity index (χ1n) is 12.8. The number of carbonyl (C=O) groups excluding carboxylic acids is 1. The summed E-state index contributed by atoms with van der Waals surface area (Å²) in [5.74, 6) is 0.621. The van der Waals surface area contributed by atoms with Gasteiger partial charge >= 0.3 is 24.8 Å². The van der Waals surface area contributed by atoms with Crippen molar-refractivity contribution in [3.8, 4) is 22.6 Å². The minimum atomic E-state index is -1.04. The van der Waals surface area contributed by atoms with Gasteiger partial charge in [0.1, 0.15) is 17.5 Å². The number of rotatable bonds is 11. The van der Waals surface area contributed by atoms with Gasteiger partial charge in [-0.1, -0.05) is 66.2 Å². The van der Waals surface area contributed by atoms with E-state index in [2.05, 4.69) is 5.32 Å². The molecule has 0 spiro atoms. The summed E-state index contributed by atoms with van der Waals surface area (Å²) < 4.78 is 5.87. The number of halogens is 1. The van der Waals surface area contributed by atoms with Crippen LogP contribution in [0, 0.1) is 6.92 Å². The molecule has 4 aromatic carbocycles. The molecule has 0 saturated carbocycles. The Bertz CT molecular complexity index is 1510. The van der Waals surface area contributed by atoms with Gasteiger partial charge < -0.3 is 16.6 Å². The summed E-state index contributed by atoms with van der Waals surface area (Å²) >= 11 is 7.49. The van der Waals surface area contributed by atoms with Crippen LogP contribution in [0.2, 0.25) is 5.02 Å². The second-order valence-electron chi connectivity index (χ2n) is 9.22. The number of carboxylic acids is 1. The van der Waals surface area contributed by atoms with Crippen LogP contribution in [0.5, 0.6) is 11.5 Å². The van der Waals surface area contributed by atoms with E-state index in [9.17, 15) is 14.7 Å².